The van der Waals surface area contributed by atoms with Gasteiger partial charge in [-0.1, -0.05) is 19.8 Å². The number of nitrogens with one attached hydrogen (secondary N) is 1. The number of aromatic nitrogens is 1. The summed E-state index contributed by atoms with van der Waals surface area (Å²) in [6.07, 6.45) is 4.21. The van der Waals surface area contributed by atoms with Gasteiger partial charge in [-0.3, -0.25) is 14.6 Å². The Balaban J connectivity index is 1.43. The minimum Gasteiger partial charge on any atom is -0.497 e. The fraction of sp³-hybridized carbons (Fsp3) is 0.545. The minimum absolute atomic E-state index is 0.241. The number of unbranched alkanes of at least 4 members (excludes halogenated alkanes) is 1. The van der Waals surface area contributed by atoms with Crippen molar-refractivity contribution in [1.82, 2.24) is 14.8 Å². The van der Waals surface area contributed by atoms with E-state index in [0.717, 1.165) is 57.7 Å². The lowest BCUT2D eigenvalue weighted by molar-refractivity contribution is 0.0627. The van der Waals surface area contributed by atoms with Gasteiger partial charge >= 0.3 is 0 Å². The fourth-order valence-corrected chi connectivity index (χ4v) is 3.51. The van der Waals surface area contributed by atoms with Crippen LogP contribution in [0.15, 0.2) is 34.9 Å². The van der Waals surface area contributed by atoms with Crippen LogP contribution in [0.1, 0.15) is 42.6 Å². The Bertz CT molecular complexity index is 785. The van der Waals surface area contributed by atoms with Gasteiger partial charge < -0.3 is 19.6 Å². The highest BCUT2D eigenvalue weighted by Gasteiger charge is 2.21. The van der Waals surface area contributed by atoms with Crippen LogP contribution in [-0.2, 0) is 6.54 Å². The molecule has 1 atom stereocenters. The molecular weight excluding hydrogens is 384 g/mol. The van der Waals surface area contributed by atoms with Gasteiger partial charge in [-0.2, -0.15) is 0 Å². The maximum Gasteiger partial charge on any atom is 0.277 e. The van der Waals surface area contributed by atoms with E-state index >= 15 is 0 Å². The molecule has 164 valence electrons. The van der Waals surface area contributed by atoms with Crippen molar-refractivity contribution < 1.29 is 19.1 Å². The molecule has 2 N–H and O–H groups in total. The Labute approximate surface area is 177 Å². The van der Waals surface area contributed by atoms with Crippen molar-refractivity contribution in [1.29, 1.82) is 0 Å². The number of ether oxygens (including phenoxy) is 1. The summed E-state index contributed by atoms with van der Waals surface area (Å²) in [6, 6.07) is 7.12. The van der Waals surface area contributed by atoms with Crippen LogP contribution >= 0.6 is 0 Å². The zero-order valence-electron chi connectivity index (χ0n) is 17.8. The van der Waals surface area contributed by atoms with Crippen molar-refractivity contribution in [3.05, 3.63) is 42.1 Å². The van der Waals surface area contributed by atoms with E-state index in [2.05, 4.69) is 27.0 Å². The van der Waals surface area contributed by atoms with Crippen LogP contribution in [0.25, 0.3) is 0 Å². The average molecular weight is 417 g/mol. The highest BCUT2D eigenvalue weighted by Crippen LogP contribution is 2.16. The second-order valence-corrected chi connectivity index (χ2v) is 7.68. The standard InChI is InChI=1S/C22H32N4O4/c1-3-4-5-18(27)14-25-10-12-26(13-11-25)15-21-24-20(16-30-21)22(28)23-17-6-8-19(29-2)9-7-17/h6-9,16,18,27H,3-5,10-15H2,1-2H3,(H,23,28)/t18-/m0/s1. The van der Waals surface area contributed by atoms with Crippen LogP contribution < -0.4 is 10.1 Å². The van der Waals surface area contributed by atoms with Crippen LogP contribution in [0.5, 0.6) is 5.75 Å². The SMILES string of the molecule is CCCC[C@H](O)CN1CCN(Cc2nc(C(=O)Nc3ccc(OC)cc3)co2)CC1. The lowest BCUT2D eigenvalue weighted by Crippen LogP contribution is -2.48. The van der Waals surface area contributed by atoms with Crippen LogP contribution in [0.2, 0.25) is 0 Å². The Morgan fingerprint density at radius 2 is 1.93 bits per heavy atom. The van der Waals surface area contributed by atoms with Gasteiger partial charge in [0.2, 0.25) is 5.89 Å². The first-order valence-corrected chi connectivity index (χ1v) is 10.6. The van der Waals surface area contributed by atoms with Gasteiger partial charge in [0.15, 0.2) is 5.69 Å². The molecule has 3 rings (SSSR count). The van der Waals surface area contributed by atoms with Crippen molar-refractivity contribution in [2.45, 2.75) is 38.8 Å². The minimum atomic E-state index is -0.305. The van der Waals surface area contributed by atoms with Crippen LogP contribution in [0, 0.1) is 0 Å². The molecule has 1 saturated heterocycles. The van der Waals surface area contributed by atoms with E-state index in [1.165, 1.54) is 6.26 Å². The number of amides is 1. The van der Waals surface area contributed by atoms with Crippen LogP contribution in [-0.4, -0.2) is 71.7 Å². The Morgan fingerprint density at radius 3 is 2.60 bits per heavy atom. The quantitative estimate of drug-likeness (QED) is 0.615. The Kier molecular flexibility index (Phi) is 8.24. The number of rotatable bonds is 10. The fourth-order valence-electron chi connectivity index (χ4n) is 3.51. The third-order valence-corrected chi connectivity index (χ3v) is 5.32. The molecule has 8 nitrogen and oxygen atoms in total. The van der Waals surface area contributed by atoms with E-state index in [0.29, 0.717) is 18.1 Å². The van der Waals surface area contributed by atoms with E-state index < -0.39 is 0 Å². The molecule has 0 bridgehead atoms. The monoisotopic (exact) mass is 416 g/mol. The number of hydrogen-bond donors (Lipinski definition) is 2. The van der Waals surface area contributed by atoms with E-state index in [4.69, 9.17) is 9.15 Å². The van der Waals surface area contributed by atoms with Crippen molar-refractivity contribution in [2.75, 3.05) is 45.2 Å². The van der Waals surface area contributed by atoms with Crippen molar-refractivity contribution in [2.24, 2.45) is 0 Å². The number of aliphatic hydroxyl groups is 1. The number of methoxy groups -OCH3 is 1. The number of hydrogen-bond acceptors (Lipinski definition) is 7. The van der Waals surface area contributed by atoms with Crippen molar-refractivity contribution in [3.8, 4) is 5.75 Å². The van der Waals surface area contributed by atoms with E-state index in [1.807, 2.05) is 0 Å². The normalized spacial score (nSPS) is 16.4. The van der Waals surface area contributed by atoms with Crippen LogP contribution in [0.3, 0.4) is 0 Å². The van der Waals surface area contributed by atoms with Crippen molar-refractivity contribution in [3.63, 3.8) is 0 Å². The summed E-state index contributed by atoms with van der Waals surface area (Å²) in [5.74, 6) is 0.958. The number of benzene rings is 1. The zero-order chi connectivity index (χ0) is 21.3. The second kappa shape index (κ2) is 11.1. The molecule has 0 saturated carbocycles. The van der Waals surface area contributed by atoms with Gasteiger partial charge in [0.25, 0.3) is 5.91 Å². The maximum absolute atomic E-state index is 12.4. The first-order chi connectivity index (χ1) is 14.6. The van der Waals surface area contributed by atoms with Gasteiger partial charge in [0, 0.05) is 38.4 Å². The number of nitrogens with zero attached hydrogens (tertiary/aromatic N) is 3. The number of piperazine rings is 1. The molecule has 0 radical (unpaired) electrons. The number of carbonyl (C=O) groups excluding carboxylic acids is 1. The summed E-state index contributed by atoms with van der Waals surface area (Å²) in [7, 11) is 1.60. The lowest BCUT2D eigenvalue weighted by Gasteiger charge is -2.35. The molecule has 0 unspecified atom stereocenters. The van der Waals surface area contributed by atoms with Gasteiger partial charge in [-0.05, 0) is 30.7 Å². The molecule has 1 fully saturated rings. The lowest BCUT2D eigenvalue weighted by atomic mass is 10.1. The smallest absolute Gasteiger partial charge is 0.277 e. The molecule has 1 amide bonds. The number of anilines is 1. The molecule has 1 aromatic heterocycles. The van der Waals surface area contributed by atoms with E-state index in [-0.39, 0.29) is 17.7 Å². The first-order valence-electron chi connectivity index (χ1n) is 10.6. The summed E-state index contributed by atoms with van der Waals surface area (Å²) in [5.41, 5.74) is 0.932. The molecule has 0 aliphatic carbocycles. The van der Waals surface area contributed by atoms with Crippen LogP contribution in [0.4, 0.5) is 5.69 Å². The number of oxazole rings is 1. The molecule has 30 heavy (non-hydrogen) atoms. The topological polar surface area (TPSA) is 91.1 Å². The van der Waals surface area contributed by atoms with Gasteiger partial charge in [-0.15, -0.1) is 0 Å². The third-order valence-electron chi connectivity index (χ3n) is 5.32. The van der Waals surface area contributed by atoms with Gasteiger partial charge in [0.05, 0.1) is 19.8 Å². The molecule has 2 heterocycles. The van der Waals surface area contributed by atoms with Crippen molar-refractivity contribution >= 4 is 11.6 Å². The number of aliphatic hydroxyl groups excluding tert-OH is 1. The second-order valence-electron chi connectivity index (χ2n) is 7.68. The predicted octanol–water partition coefficient (Wildman–Crippen LogP) is 2.60. The molecule has 2 aromatic rings. The Morgan fingerprint density at radius 1 is 1.23 bits per heavy atom. The molecule has 1 aromatic carbocycles. The predicted molar refractivity (Wildman–Crippen MR) is 115 cm³/mol. The third kappa shape index (κ3) is 6.55. The highest BCUT2D eigenvalue weighted by atomic mass is 16.5. The summed E-state index contributed by atoms with van der Waals surface area (Å²) in [6.45, 7) is 7.04. The van der Waals surface area contributed by atoms with E-state index in [9.17, 15) is 9.90 Å². The van der Waals surface area contributed by atoms with E-state index in [1.54, 1.807) is 31.4 Å². The largest absolute Gasteiger partial charge is 0.497 e. The van der Waals surface area contributed by atoms with Gasteiger partial charge in [0.1, 0.15) is 12.0 Å². The Hall–Kier alpha value is -2.42. The number of carbonyl (C=O) groups is 1. The maximum atomic E-state index is 12.4. The van der Waals surface area contributed by atoms with Gasteiger partial charge in [-0.25, -0.2) is 4.98 Å². The molecule has 8 heteroatoms. The zero-order valence-corrected chi connectivity index (χ0v) is 17.8. The molecule has 1 aliphatic rings. The summed E-state index contributed by atoms with van der Waals surface area (Å²) < 4.78 is 10.6. The summed E-state index contributed by atoms with van der Waals surface area (Å²) >= 11 is 0. The summed E-state index contributed by atoms with van der Waals surface area (Å²) in [4.78, 5) is 21.3. The number of β-amino-alcohol motifs (C(OH)–C–C–N with tert-alkyl or cyclic N) is 1. The first kappa shape index (κ1) is 22.3. The molecule has 1 aliphatic heterocycles. The molecular formula is C22H32N4O4. The average Bonchev–Trinajstić information content (AvgIpc) is 3.23. The summed E-state index contributed by atoms with van der Waals surface area (Å²) in [5, 5.41) is 12.9. The molecule has 0 spiro atoms. The highest BCUT2D eigenvalue weighted by molar-refractivity contribution is 6.02.